The third kappa shape index (κ3) is 3.38. The van der Waals surface area contributed by atoms with Gasteiger partial charge in [-0.25, -0.2) is 13.6 Å². The van der Waals surface area contributed by atoms with Crippen molar-refractivity contribution in [2.45, 2.75) is 36.6 Å². The Morgan fingerprint density at radius 1 is 1.55 bits per heavy atom. The van der Waals surface area contributed by atoms with E-state index in [9.17, 15) is 13.2 Å². The Morgan fingerprint density at radius 2 is 2.25 bits per heavy atom. The SMILES string of the molecule is CC(NC(=O)C1OCCC1C)c1ccc(S(N)(=O)=O)s1. The Kier molecular flexibility index (Phi) is 4.48. The van der Waals surface area contributed by atoms with E-state index in [1.54, 1.807) is 13.0 Å². The summed E-state index contributed by atoms with van der Waals surface area (Å²) in [6.45, 7) is 4.38. The molecule has 1 amide bonds. The van der Waals surface area contributed by atoms with Gasteiger partial charge in [0.05, 0.1) is 6.04 Å². The molecule has 112 valence electrons. The zero-order chi connectivity index (χ0) is 14.9. The van der Waals surface area contributed by atoms with Gasteiger partial charge in [-0.15, -0.1) is 11.3 Å². The average molecular weight is 318 g/mol. The van der Waals surface area contributed by atoms with Crippen molar-refractivity contribution in [2.75, 3.05) is 6.61 Å². The molecule has 8 heteroatoms. The first-order chi connectivity index (χ1) is 9.29. The highest BCUT2D eigenvalue weighted by atomic mass is 32.2. The fourth-order valence-electron chi connectivity index (χ4n) is 2.12. The average Bonchev–Trinajstić information content (AvgIpc) is 2.95. The second-order valence-electron chi connectivity index (χ2n) is 4.99. The molecule has 6 nitrogen and oxygen atoms in total. The van der Waals surface area contributed by atoms with Crippen molar-refractivity contribution in [3.8, 4) is 0 Å². The summed E-state index contributed by atoms with van der Waals surface area (Å²) in [5.74, 6) is 0.0403. The van der Waals surface area contributed by atoms with E-state index < -0.39 is 16.1 Å². The van der Waals surface area contributed by atoms with Crippen LogP contribution in [-0.2, 0) is 19.6 Å². The van der Waals surface area contributed by atoms with Crippen LogP contribution in [0.4, 0.5) is 0 Å². The number of carbonyl (C=O) groups is 1. The van der Waals surface area contributed by atoms with E-state index in [0.29, 0.717) is 6.61 Å². The quantitative estimate of drug-likeness (QED) is 0.865. The maximum absolute atomic E-state index is 12.1. The molecule has 20 heavy (non-hydrogen) atoms. The fraction of sp³-hybridized carbons (Fsp3) is 0.583. The minimum Gasteiger partial charge on any atom is -0.368 e. The number of ether oxygens (including phenoxy) is 1. The van der Waals surface area contributed by atoms with Gasteiger partial charge in [-0.2, -0.15) is 0 Å². The molecule has 1 aliphatic rings. The van der Waals surface area contributed by atoms with Crippen LogP contribution in [0, 0.1) is 5.92 Å². The summed E-state index contributed by atoms with van der Waals surface area (Å²) < 4.78 is 27.9. The fourth-order valence-corrected chi connectivity index (χ4v) is 3.87. The van der Waals surface area contributed by atoms with Crippen LogP contribution in [0.5, 0.6) is 0 Å². The summed E-state index contributed by atoms with van der Waals surface area (Å²) in [6.07, 6.45) is 0.455. The molecule has 1 fully saturated rings. The van der Waals surface area contributed by atoms with Gasteiger partial charge in [-0.3, -0.25) is 4.79 Å². The highest BCUT2D eigenvalue weighted by Gasteiger charge is 2.31. The maximum atomic E-state index is 12.1. The Hall–Kier alpha value is -0.960. The van der Waals surface area contributed by atoms with E-state index in [1.807, 2.05) is 6.92 Å². The lowest BCUT2D eigenvalue weighted by molar-refractivity contribution is -0.132. The number of nitrogens with two attached hydrogens (primary N) is 1. The predicted molar refractivity (Wildman–Crippen MR) is 75.8 cm³/mol. The van der Waals surface area contributed by atoms with Gasteiger partial charge < -0.3 is 10.1 Å². The van der Waals surface area contributed by atoms with Crippen LogP contribution < -0.4 is 10.5 Å². The normalized spacial score (nSPS) is 24.6. The molecule has 3 N–H and O–H groups in total. The summed E-state index contributed by atoms with van der Waals surface area (Å²) >= 11 is 1.06. The lowest BCUT2D eigenvalue weighted by Gasteiger charge is -2.18. The van der Waals surface area contributed by atoms with Crippen molar-refractivity contribution in [3.63, 3.8) is 0 Å². The van der Waals surface area contributed by atoms with E-state index in [4.69, 9.17) is 9.88 Å². The Labute approximate surface area is 122 Å². The lowest BCUT2D eigenvalue weighted by atomic mass is 10.0. The van der Waals surface area contributed by atoms with Gasteiger partial charge in [-0.1, -0.05) is 6.92 Å². The van der Waals surface area contributed by atoms with Crippen molar-refractivity contribution in [1.82, 2.24) is 5.32 Å². The number of sulfonamides is 1. The van der Waals surface area contributed by atoms with Gasteiger partial charge in [0.2, 0.25) is 15.9 Å². The van der Waals surface area contributed by atoms with Gasteiger partial charge in [0.1, 0.15) is 10.3 Å². The van der Waals surface area contributed by atoms with Crippen LogP contribution in [0.15, 0.2) is 16.3 Å². The summed E-state index contributed by atoms with van der Waals surface area (Å²) in [6, 6.07) is 2.83. The second kappa shape index (κ2) is 5.80. The zero-order valence-electron chi connectivity index (χ0n) is 11.3. The van der Waals surface area contributed by atoms with Crippen LogP contribution in [0.25, 0.3) is 0 Å². The zero-order valence-corrected chi connectivity index (χ0v) is 13.0. The molecular formula is C12H18N2O4S2. The lowest BCUT2D eigenvalue weighted by Crippen LogP contribution is -2.38. The molecule has 0 aromatic carbocycles. The van der Waals surface area contributed by atoms with E-state index >= 15 is 0 Å². The minimum atomic E-state index is -3.69. The van der Waals surface area contributed by atoms with Crippen LogP contribution in [0.2, 0.25) is 0 Å². The number of hydrogen-bond acceptors (Lipinski definition) is 5. The first-order valence-electron chi connectivity index (χ1n) is 6.33. The van der Waals surface area contributed by atoms with Crippen molar-refractivity contribution in [1.29, 1.82) is 0 Å². The summed E-state index contributed by atoms with van der Waals surface area (Å²) in [7, 11) is -3.69. The van der Waals surface area contributed by atoms with Crippen LogP contribution in [0.1, 0.15) is 31.2 Å². The van der Waals surface area contributed by atoms with Gasteiger partial charge in [0.15, 0.2) is 0 Å². The van der Waals surface area contributed by atoms with Gasteiger partial charge >= 0.3 is 0 Å². The van der Waals surface area contributed by atoms with Crippen LogP contribution in [0.3, 0.4) is 0 Å². The molecular weight excluding hydrogens is 300 g/mol. The highest BCUT2D eigenvalue weighted by molar-refractivity contribution is 7.91. The molecule has 0 radical (unpaired) electrons. The molecule has 1 aromatic heterocycles. The molecule has 3 atom stereocenters. The van der Waals surface area contributed by atoms with Crippen molar-refractivity contribution < 1.29 is 17.9 Å². The first kappa shape index (κ1) is 15.4. The number of carbonyl (C=O) groups excluding carboxylic acids is 1. The molecule has 1 aliphatic heterocycles. The third-order valence-corrected chi connectivity index (χ3v) is 6.02. The molecule has 2 heterocycles. The summed E-state index contributed by atoms with van der Waals surface area (Å²) in [5.41, 5.74) is 0. The van der Waals surface area contributed by atoms with Gasteiger partial charge in [-0.05, 0) is 31.4 Å². The molecule has 0 bridgehead atoms. The maximum Gasteiger partial charge on any atom is 0.249 e. The first-order valence-corrected chi connectivity index (χ1v) is 8.70. The Balaban J connectivity index is 2.03. The number of hydrogen-bond donors (Lipinski definition) is 2. The number of nitrogens with one attached hydrogen (secondary N) is 1. The van der Waals surface area contributed by atoms with Gasteiger partial charge in [0, 0.05) is 11.5 Å². The van der Waals surface area contributed by atoms with Crippen molar-refractivity contribution >= 4 is 27.3 Å². The summed E-state index contributed by atoms with van der Waals surface area (Å²) in [4.78, 5) is 12.8. The molecule has 0 saturated carbocycles. The monoisotopic (exact) mass is 318 g/mol. The topological polar surface area (TPSA) is 98.5 Å². The largest absolute Gasteiger partial charge is 0.368 e. The molecule has 0 spiro atoms. The predicted octanol–water partition coefficient (Wildman–Crippen LogP) is 0.998. The Morgan fingerprint density at radius 3 is 2.75 bits per heavy atom. The standard InChI is InChI=1S/C12H18N2O4S2/c1-7-5-6-18-11(7)12(15)14-8(2)9-3-4-10(19-9)20(13,16)17/h3-4,7-8,11H,5-6H2,1-2H3,(H,14,15)(H2,13,16,17). The molecule has 1 aromatic rings. The van der Waals surface area contributed by atoms with E-state index in [0.717, 1.165) is 22.6 Å². The van der Waals surface area contributed by atoms with E-state index in [-0.39, 0.29) is 22.1 Å². The third-order valence-electron chi connectivity index (χ3n) is 3.31. The molecule has 3 unspecified atom stereocenters. The highest BCUT2D eigenvalue weighted by Crippen LogP contribution is 2.27. The van der Waals surface area contributed by atoms with Gasteiger partial charge in [0.25, 0.3) is 0 Å². The number of amides is 1. The van der Waals surface area contributed by atoms with Crippen LogP contribution >= 0.6 is 11.3 Å². The smallest absolute Gasteiger partial charge is 0.249 e. The molecule has 1 saturated heterocycles. The second-order valence-corrected chi connectivity index (χ2v) is 7.89. The van der Waals surface area contributed by atoms with E-state index in [2.05, 4.69) is 5.32 Å². The van der Waals surface area contributed by atoms with E-state index in [1.165, 1.54) is 6.07 Å². The number of rotatable bonds is 4. The Bertz CT molecular complexity index is 596. The van der Waals surface area contributed by atoms with Crippen molar-refractivity contribution in [3.05, 3.63) is 17.0 Å². The van der Waals surface area contributed by atoms with Crippen LogP contribution in [-0.4, -0.2) is 27.0 Å². The molecule has 2 rings (SSSR count). The molecule has 0 aliphatic carbocycles. The van der Waals surface area contributed by atoms with Crippen molar-refractivity contribution in [2.24, 2.45) is 11.1 Å². The number of thiophene rings is 1. The summed E-state index contributed by atoms with van der Waals surface area (Å²) in [5, 5.41) is 7.91. The number of primary sulfonamides is 1. The minimum absolute atomic E-state index is 0.0964.